The zero-order chi connectivity index (χ0) is 17.3. The van der Waals surface area contributed by atoms with Crippen LogP contribution >= 0.6 is 0 Å². The van der Waals surface area contributed by atoms with Gasteiger partial charge in [-0.05, 0) is 23.8 Å². The van der Waals surface area contributed by atoms with E-state index in [1.165, 1.54) is 7.11 Å². The molecular formula is C18H18N2O4. The second-order valence-corrected chi connectivity index (χ2v) is 5.66. The van der Waals surface area contributed by atoms with Gasteiger partial charge in [0, 0.05) is 37.5 Å². The molecule has 2 aromatic rings. The zero-order valence-electron chi connectivity index (χ0n) is 13.8. The van der Waals surface area contributed by atoms with Gasteiger partial charge in [-0.1, -0.05) is 0 Å². The maximum atomic E-state index is 12.4. The fourth-order valence-corrected chi connectivity index (χ4v) is 3.12. The van der Waals surface area contributed by atoms with Gasteiger partial charge in [-0.25, -0.2) is 0 Å². The molecule has 124 valence electrons. The molecule has 1 unspecified atom stereocenters. The van der Waals surface area contributed by atoms with Crippen LogP contribution < -0.4 is 9.47 Å². The average molecular weight is 326 g/mol. The molecule has 1 atom stereocenters. The molecule has 6 nitrogen and oxygen atoms in total. The number of fused-ring (bicyclic) bond motifs is 1. The first kappa shape index (κ1) is 16.0. The first-order chi connectivity index (χ1) is 11.6. The summed E-state index contributed by atoms with van der Waals surface area (Å²) in [6, 6.07) is 5.32. The van der Waals surface area contributed by atoms with Crippen LogP contribution in [0.3, 0.4) is 0 Å². The fourth-order valence-electron chi connectivity index (χ4n) is 3.12. The zero-order valence-corrected chi connectivity index (χ0v) is 13.8. The van der Waals surface area contributed by atoms with Crippen LogP contribution in [0.5, 0.6) is 11.5 Å². The number of pyridine rings is 1. The maximum absolute atomic E-state index is 12.4. The van der Waals surface area contributed by atoms with Crippen molar-refractivity contribution >= 4 is 12.2 Å². The topological polar surface area (TPSA) is 68.7 Å². The van der Waals surface area contributed by atoms with Crippen LogP contribution in [0.1, 0.15) is 37.8 Å². The molecule has 1 aliphatic rings. The Bertz CT molecular complexity index is 804. The van der Waals surface area contributed by atoms with E-state index in [9.17, 15) is 9.59 Å². The van der Waals surface area contributed by atoms with Crippen LogP contribution in [-0.4, -0.2) is 49.9 Å². The number of aromatic nitrogens is 1. The van der Waals surface area contributed by atoms with E-state index in [1.807, 2.05) is 6.07 Å². The van der Waals surface area contributed by atoms with Crippen molar-refractivity contribution in [2.24, 2.45) is 0 Å². The molecule has 0 bridgehead atoms. The van der Waals surface area contributed by atoms with Crippen LogP contribution in [0.15, 0.2) is 30.6 Å². The quantitative estimate of drug-likeness (QED) is 0.805. The molecule has 0 N–H and O–H groups in total. The van der Waals surface area contributed by atoms with Gasteiger partial charge in [0.05, 0.1) is 25.3 Å². The predicted molar refractivity (Wildman–Crippen MR) is 88.0 cm³/mol. The van der Waals surface area contributed by atoms with Crippen LogP contribution in [0.2, 0.25) is 0 Å². The van der Waals surface area contributed by atoms with Gasteiger partial charge < -0.3 is 14.4 Å². The molecule has 24 heavy (non-hydrogen) atoms. The molecule has 0 aliphatic carbocycles. The molecule has 0 saturated carbocycles. The summed E-state index contributed by atoms with van der Waals surface area (Å²) in [5.74, 6) is 0.935. The second kappa shape index (κ2) is 6.31. The van der Waals surface area contributed by atoms with Gasteiger partial charge in [0.1, 0.15) is 11.5 Å². The Balaban J connectivity index is 2.20. The summed E-state index contributed by atoms with van der Waals surface area (Å²) < 4.78 is 10.8. The summed E-state index contributed by atoms with van der Waals surface area (Å²) in [6.07, 6.45) is 4.00. The minimum atomic E-state index is -0.0877. The second-order valence-electron chi connectivity index (χ2n) is 5.66. The van der Waals surface area contributed by atoms with Crippen LogP contribution in [0.25, 0.3) is 0 Å². The van der Waals surface area contributed by atoms with Crippen molar-refractivity contribution in [3.8, 4) is 11.5 Å². The summed E-state index contributed by atoms with van der Waals surface area (Å²) in [4.78, 5) is 29.3. The van der Waals surface area contributed by atoms with Crippen LogP contribution in [-0.2, 0) is 0 Å². The lowest BCUT2D eigenvalue weighted by atomic mass is 9.84. The third kappa shape index (κ3) is 2.50. The molecule has 0 saturated heterocycles. The Morgan fingerprint density at radius 2 is 1.96 bits per heavy atom. The number of nitrogens with zero attached hydrogens (tertiary/aromatic N) is 2. The first-order valence-electron chi connectivity index (χ1n) is 7.51. The van der Waals surface area contributed by atoms with Gasteiger partial charge in [-0.3, -0.25) is 14.6 Å². The molecule has 2 heterocycles. The van der Waals surface area contributed by atoms with Crippen molar-refractivity contribution in [3.63, 3.8) is 0 Å². The van der Waals surface area contributed by atoms with E-state index >= 15 is 0 Å². The summed E-state index contributed by atoms with van der Waals surface area (Å²) in [5, 5.41) is 0. The molecule has 3 rings (SSSR count). The number of hydrogen-bond acceptors (Lipinski definition) is 5. The summed E-state index contributed by atoms with van der Waals surface area (Å²) >= 11 is 0. The number of methoxy groups -OCH3 is 2. The molecule has 1 aromatic carbocycles. The summed E-state index contributed by atoms with van der Waals surface area (Å²) in [7, 11) is 4.84. The monoisotopic (exact) mass is 326 g/mol. The Kier molecular flexibility index (Phi) is 4.20. The van der Waals surface area contributed by atoms with E-state index in [4.69, 9.17) is 9.47 Å². The SMILES string of the molecule is COc1cc(C2CN(C)C(=O)c3cnccc32)c(OC)cc1C=O. The minimum Gasteiger partial charge on any atom is -0.496 e. The number of hydrogen-bond donors (Lipinski definition) is 0. The van der Waals surface area contributed by atoms with Gasteiger partial charge in [-0.15, -0.1) is 0 Å². The van der Waals surface area contributed by atoms with Gasteiger partial charge in [-0.2, -0.15) is 0 Å². The van der Waals surface area contributed by atoms with Crippen LogP contribution in [0.4, 0.5) is 0 Å². The van der Waals surface area contributed by atoms with E-state index in [2.05, 4.69) is 4.98 Å². The van der Waals surface area contributed by atoms with Crippen molar-refractivity contribution < 1.29 is 19.1 Å². The number of amides is 1. The Labute approximate surface area is 140 Å². The van der Waals surface area contributed by atoms with Gasteiger partial charge >= 0.3 is 0 Å². The lowest BCUT2D eigenvalue weighted by molar-refractivity contribution is 0.0771. The molecule has 1 aromatic heterocycles. The number of carbonyl (C=O) groups is 2. The highest BCUT2D eigenvalue weighted by molar-refractivity contribution is 5.97. The van der Waals surface area contributed by atoms with Gasteiger partial charge in [0.2, 0.25) is 0 Å². The van der Waals surface area contributed by atoms with E-state index < -0.39 is 0 Å². The fraction of sp³-hybridized carbons (Fsp3) is 0.278. The normalized spacial score (nSPS) is 16.5. The van der Waals surface area contributed by atoms with Crippen molar-refractivity contribution in [1.29, 1.82) is 0 Å². The molecule has 1 amide bonds. The largest absolute Gasteiger partial charge is 0.496 e. The first-order valence-corrected chi connectivity index (χ1v) is 7.51. The summed E-state index contributed by atoms with van der Waals surface area (Å²) in [5.41, 5.74) is 2.77. The van der Waals surface area contributed by atoms with E-state index in [-0.39, 0.29) is 11.8 Å². The highest BCUT2D eigenvalue weighted by Gasteiger charge is 2.32. The van der Waals surface area contributed by atoms with Gasteiger partial charge in [0.25, 0.3) is 5.91 Å². The van der Waals surface area contributed by atoms with E-state index in [0.29, 0.717) is 29.2 Å². The number of carbonyl (C=O) groups excluding carboxylic acids is 2. The standard InChI is InChI=1S/C18H18N2O4/c1-20-9-15(12-4-5-19-8-14(12)18(20)22)13-7-16(23-2)11(10-21)6-17(13)24-3/h4-8,10,15H,9H2,1-3H3. The van der Waals surface area contributed by atoms with Crippen LogP contribution in [0, 0.1) is 0 Å². The predicted octanol–water partition coefficient (Wildman–Crippen LogP) is 2.13. The number of rotatable bonds is 4. The molecular weight excluding hydrogens is 308 g/mol. The minimum absolute atomic E-state index is 0.0511. The summed E-state index contributed by atoms with van der Waals surface area (Å²) in [6.45, 7) is 0.510. The van der Waals surface area contributed by atoms with Crippen molar-refractivity contribution in [2.45, 2.75) is 5.92 Å². The van der Waals surface area contributed by atoms with E-state index in [0.717, 1.165) is 17.4 Å². The Morgan fingerprint density at radius 1 is 1.21 bits per heavy atom. The molecule has 0 radical (unpaired) electrons. The van der Waals surface area contributed by atoms with E-state index in [1.54, 1.807) is 43.6 Å². The molecule has 0 fully saturated rings. The Morgan fingerprint density at radius 3 is 2.62 bits per heavy atom. The highest BCUT2D eigenvalue weighted by Crippen LogP contribution is 2.39. The lowest BCUT2D eigenvalue weighted by Gasteiger charge is -2.32. The number of ether oxygens (including phenoxy) is 2. The molecule has 0 spiro atoms. The number of aldehydes is 1. The highest BCUT2D eigenvalue weighted by atomic mass is 16.5. The molecule has 1 aliphatic heterocycles. The maximum Gasteiger partial charge on any atom is 0.255 e. The third-order valence-electron chi connectivity index (χ3n) is 4.35. The van der Waals surface area contributed by atoms with Gasteiger partial charge in [0.15, 0.2) is 6.29 Å². The smallest absolute Gasteiger partial charge is 0.255 e. The lowest BCUT2D eigenvalue weighted by Crippen LogP contribution is -2.37. The average Bonchev–Trinajstić information content (AvgIpc) is 2.63. The number of benzene rings is 1. The van der Waals surface area contributed by atoms with Crippen molar-refractivity contribution in [3.05, 3.63) is 52.8 Å². The number of likely N-dealkylation sites (N-methyl/N-ethyl adjacent to an activating group) is 1. The van der Waals surface area contributed by atoms with Crippen molar-refractivity contribution in [1.82, 2.24) is 9.88 Å². The third-order valence-corrected chi connectivity index (χ3v) is 4.35. The molecule has 6 heteroatoms. The van der Waals surface area contributed by atoms with Crippen molar-refractivity contribution in [2.75, 3.05) is 27.8 Å². The Hall–Kier alpha value is -2.89.